The smallest absolute Gasteiger partial charge is 0.340 e. The molecule has 0 bridgehead atoms. The van der Waals surface area contributed by atoms with Crippen molar-refractivity contribution >= 4 is 39.6 Å². The molecule has 3 rings (SSSR count). The second kappa shape index (κ2) is 9.20. The van der Waals surface area contributed by atoms with Crippen LogP contribution in [0.1, 0.15) is 40.0 Å². The van der Waals surface area contributed by atoms with Gasteiger partial charge in [0.05, 0.1) is 18.7 Å². The Hall–Kier alpha value is -2.70. The van der Waals surface area contributed by atoms with Gasteiger partial charge in [-0.3, -0.25) is 0 Å². The van der Waals surface area contributed by atoms with Crippen molar-refractivity contribution in [2.75, 3.05) is 12.4 Å². The summed E-state index contributed by atoms with van der Waals surface area (Å²) >= 11 is 6.98. The average molecular weight is 425 g/mol. The van der Waals surface area contributed by atoms with E-state index in [1.807, 2.05) is 36.4 Å². The highest BCUT2D eigenvalue weighted by molar-refractivity contribution is 7.80. The van der Waals surface area contributed by atoms with Crippen LogP contribution in [0.25, 0.3) is 10.4 Å². The van der Waals surface area contributed by atoms with E-state index in [1.165, 1.54) is 29.6 Å². The van der Waals surface area contributed by atoms with Crippen LogP contribution < -0.4 is 10.6 Å². The van der Waals surface area contributed by atoms with Crippen LogP contribution in [-0.4, -0.2) is 18.2 Å². The zero-order valence-electron chi connectivity index (χ0n) is 16.9. The highest BCUT2D eigenvalue weighted by Gasteiger charge is 2.19. The number of hydrogen-bond acceptors (Lipinski definition) is 4. The molecule has 1 atom stereocenters. The number of benzene rings is 2. The molecule has 1 heterocycles. The van der Waals surface area contributed by atoms with Crippen molar-refractivity contribution < 1.29 is 9.53 Å². The van der Waals surface area contributed by atoms with E-state index >= 15 is 0 Å². The van der Waals surface area contributed by atoms with Crippen molar-refractivity contribution in [3.8, 4) is 10.4 Å². The highest BCUT2D eigenvalue weighted by Crippen LogP contribution is 2.36. The predicted octanol–water partition coefficient (Wildman–Crippen LogP) is 5.87. The van der Waals surface area contributed by atoms with Gasteiger partial charge in [0, 0.05) is 4.88 Å². The summed E-state index contributed by atoms with van der Waals surface area (Å²) < 4.78 is 4.95. The lowest BCUT2D eigenvalue weighted by atomic mass is 10.0. The zero-order valence-corrected chi connectivity index (χ0v) is 18.5. The number of carbonyl (C=O) groups excluding carboxylic acids is 1. The molecule has 1 unspecified atom stereocenters. The lowest BCUT2D eigenvalue weighted by molar-refractivity contribution is 0.0602. The van der Waals surface area contributed by atoms with E-state index in [9.17, 15) is 4.79 Å². The molecule has 0 fully saturated rings. The molecule has 6 heteroatoms. The number of anilines is 1. The van der Waals surface area contributed by atoms with Crippen molar-refractivity contribution in [2.45, 2.75) is 26.8 Å². The first-order valence-electron chi connectivity index (χ1n) is 9.31. The van der Waals surface area contributed by atoms with Gasteiger partial charge >= 0.3 is 5.97 Å². The molecule has 150 valence electrons. The van der Waals surface area contributed by atoms with E-state index in [4.69, 9.17) is 17.0 Å². The number of aryl methyl sites for hydroxylation is 2. The van der Waals surface area contributed by atoms with Gasteiger partial charge < -0.3 is 15.4 Å². The van der Waals surface area contributed by atoms with Crippen molar-refractivity contribution in [1.29, 1.82) is 0 Å². The molecule has 2 N–H and O–H groups in total. The molecule has 0 aliphatic heterocycles. The summed E-state index contributed by atoms with van der Waals surface area (Å²) in [6.45, 7) is 6.25. The number of hydrogen-bond donors (Lipinski definition) is 2. The summed E-state index contributed by atoms with van der Waals surface area (Å²) in [5, 5.41) is 7.61. The minimum Gasteiger partial charge on any atom is -0.465 e. The molecule has 0 saturated carbocycles. The average Bonchev–Trinajstić information content (AvgIpc) is 3.13. The van der Waals surface area contributed by atoms with Gasteiger partial charge in [-0.1, -0.05) is 48.5 Å². The second-order valence-electron chi connectivity index (χ2n) is 6.87. The van der Waals surface area contributed by atoms with Crippen LogP contribution in [0.5, 0.6) is 0 Å². The van der Waals surface area contributed by atoms with Crippen LogP contribution in [0, 0.1) is 13.8 Å². The molecular formula is C23H24N2O2S2. The van der Waals surface area contributed by atoms with Gasteiger partial charge in [-0.2, -0.15) is 0 Å². The van der Waals surface area contributed by atoms with Crippen LogP contribution in [0.4, 0.5) is 5.00 Å². The van der Waals surface area contributed by atoms with Gasteiger partial charge in [-0.15, -0.1) is 11.3 Å². The fourth-order valence-electron chi connectivity index (χ4n) is 2.94. The summed E-state index contributed by atoms with van der Waals surface area (Å²) in [4.78, 5) is 13.2. The Morgan fingerprint density at radius 3 is 2.45 bits per heavy atom. The molecule has 29 heavy (non-hydrogen) atoms. The lowest BCUT2D eigenvalue weighted by Gasteiger charge is -2.18. The van der Waals surface area contributed by atoms with Crippen molar-refractivity contribution in [3.63, 3.8) is 0 Å². The van der Waals surface area contributed by atoms with E-state index in [0.29, 0.717) is 15.7 Å². The molecule has 0 aliphatic carbocycles. The van der Waals surface area contributed by atoms with Crippen LogP contribution in [-0.2, 0) is 4.74 Å². The van der Waals surface area contributed by atoms with Crippen molar-refractivity contribution in [2.24, 2.45) is 0 Å². The molecule has 0 spiro atoms. The molecule has 3 aromatic rings. The van der Waals surface area contributed by atoms with Gasteiger partial charge in [0.15, 0.2) is 5.11 Å². The molecule has 0 aliphatic rings. The van der Waals surface area contributed by atoms with Gasteiger partial charge in [-0.05, 0) is 61.3 Å². The third-order valence-corrected chi connectivity index (χ3v) is 6.12. The van der Waals surface area contributed by atoms with E-state index in [0.717, 1.165) is 16.0 Å². The molecule has 0 amide bonds. The van der Waals surface area contributed by atoms with Crippen molar-refractivity contribution in [1.82, 2.24) is 5.32 Å². The number of esters is 1. The predicted molar refractivity (Wildman–Crippen MR) is 125 cm³/mol. The lowest BCUT2D eigenvalue weighted by Crippen LogP contribution is -2.31. The van der Waals surface area contributed by atoms with Crippen molar-refractivity contribution in [3.05, 3.63) is 76.9 Å². The monoisotopic (exact) mass is 424 g/mol. The number of thiocarbonyl (C=S) groups is 1. The maximum absolute atomic E-state index is 12.3. The first-order chi connectivity index (χ1) is 13.9. The van der Waals surface area contributed by atoms with E-state index in [1.54, 1.807) is 0 Å². The molecule has 4 nitrogen and oxygen atoms in total. The molecular weight excluding hydrogens is 400 g/mol. The Balaban J connectivity index is 1.79. The van der Waals surface area contributed by atoms with E-state index in [-0.39, 0.29) is 6.04 Å². The summed E-state index contributed by atoms with van der Waals surface area (Å²) in [7, 11) is 1.38. The summed E-state index contributed by atoms with van der Waals surface area (Å²) in [6, 6.07) is 18.2. The normalized spacial score (nSPS) is 11.6. The van der Waals surface area contributed by atoms with Crippen LogP contribution in [0.2, 0.25) is 0 Å². The number of nitrogens with one attached hydrogen (secondary N) is 2. The van der Waals surface area contributed by atoms with Gasteiger partial charge in [-0.25, -0.2) is 4.79 Å². The van der Waals surface area contributed by atoms with Crippen LogP contribution >= 0.6 is 23.6 Å². The fraction of sp³-hybridized carbons (Fsp3) is 0.217. The quantitative estimate of drug-likeness (QED) is 0.396. The van der Waals surface area contributed by atoms with Crippen LogP contribution in [0.15, 0.2) is 54.6 Å². The third kappa shape index (κ3) is 5.02. The topological polar surface area (TPSA) is 50.4 Å². The first kappa shape index (κ1) is 21.0. The van der Waals surface area contributed by atoms with Gasteiger partial charge in [0.2, 0.25) is 0 Å². The Labute approximate surface area is 180 Å². The molecule has 1 aromatic heterocycles. The van der Waals surface area contributed by atoms with Gasteiger partial charge in [0.25, 0.3) is 0 Å². The highest BCUT2D eigenvalue weighted by atomic mass is 32.1. The number of carbonyl (C=O) groups is 1. The fourth-order valence-corrected chi connectivity index (χ4v) is 4.34. The summed E-state index contributed by atoms with van der Waals surface area (Å²) in [5.41, 5.74) is 5.17. The van der Waals surface area contributed by atoms with Gasteiger partial charge in [0.1, 0.15) is 5.00 Å². The Bertz CT molecular complexity index is 1030. The van der Waals surface area contributed by atoms with E-state index < -0.39 is 5.97 Å². The number of rotatable bonds is 5. The Kier molecular flexibility index (Phi) is 6.67. The summed E-state index contributed by atoms with van der Waals surface area (Å²) in [5.74, 6) is -0.393. The van der Waals surface area contributed by atoms with E-state index in [2.05, 4.69) is 49.6 Å². The first-order valence-corrected chi connectivity index (χ1v) is 10.5. The number of thiophene rings is 1. The zero-order chi connectivity index (χ0) is 21.0. The maximum Gasteiger partial charge on any atom is 0.340 e. The largest absolute Gasteiger partial charge is 0.465 e. The third-order valence-electron chi connectivity index (χ3n) is 4.80. The molecule has 2 aromatic carbocycles. The second-order valence-corrected chi connectivity index (χ2v) is 8.34. The minimum atomic E-state index is -0.393. The minimum absolute atomic E-state index is 0.0319. The molecule has 0 radical (unpaired) electrons. The SMILES string of the molecule is COC(=O)c1cc(-c2ccccc2)sc1NC(=S)NC(C)c1ccc(C)c(C)c1. The van der Waals surface area contributed by atoms with Crippen LogP contribution in [0.3, 0.4) is 0 Å². The Morgan fingerprint density at radius 1 is 1.07 bits per heavy atom. The molecule has 0 saturated heterocycles. The number of methoxy groups -OCH3 is 1. The standard InChI is InChI=1S/C23H24N2O2S2/c1-14-10-11-18(12-15(14)2)16(3)24-23(28)25-21-19(22(26)27-4)13-20(29-21)17-8-6-5-7-9-17/h5-13,16H,1-4H3,(H2,24,25,28). The Morgan fingerprint density at radius 2 is 1.79 bits per heavy atom. The summed E-state index contributed by atoms with van der Waals surface area (Å²) in [6.07, 6.45) is 0. The number of ether oxygens (including phenoxy) is 1. The maximum atomic E-state index is 12.3.